The van der Waals surface area contributed by atoms with Crippen LogP contribution >= 0.6 is 0 Å². The fraction of sp³-hybridized carbons (Fsp3) is 0.586. The normalized spacial score (nSPS) is 22.6. The molecule has 9 heteroatoms. The van der Waals surface area contributed by atoms with Crippen LogP contribution in [-0.2, 0) is 22.4 Å². The number of nitrogens with one attached hydrogen (secondary N) is 1. The third-order valence-corrected chi connectivity index (χ3v) is 7.99. The highest BCUT2D eigenvalue weighted by Gasteiger charge is 2.38. The maximum Gasteiger partial charge on any atom is 0.307 e. The molecule has 0 saturated heterocycles. The molecule has 0 radical (unpaired) electrons. The van der Waals surface area contributed by atoms with Crippen molar-refractivity contribution in [3.8, 4) is 5.69 Å². The van der Waals surface area contributed by atoms with Crippen molar-refractivity contribution in [2.45, 2.75) is 90.2 Å². The first kappa shape index (κ1) is 26.4. The zero-order chi connectivity index (χ0) is 27.0. The molecule has 0 unspecified atom stereocenters. The first-order valence-electron chi connectivity index (χ1n) is 13.9. The van der Waals surface area contributed by atoms with E-state index >= 15 is 0 Å². The van der Waals surface area contributed by atoms with Crippen LogP contribution in [0.1, 0.15) is 97.3 Å². The lowest BCUT2D eigenvalue weighted by Gasteiger charge is -2.30. The lowest BCUT2D eigenvalue weighted by atomic mass is 9.75. The molecule has 9 nitrogen and oxygen atoms in total. The topological polar surface area (TPSA) is 142 Å². The highest BCUT2D eigenvalue weighted by atomic mass is 16.5. The van der Waals surface area contributed by atoms with Gasteiger partial charge in [-0.15, -0.1) is 0 Å². The van der Waals surface area contributed by atoms with Gasteiger partial charge in [0.15, 0.2) is 5.78 Å². The van der Waals surface area contributed by atoms with Crippen molar-refractivity contribution < 1.29 is 19.1 Å². The summed E-state index contributed by atoms with van der Waals surface area (Å²) < 4.78 is 7.43. The van der Waals surface area contributed by atoms with Gasteiger partial charge in [0.05, 0.1) is 34.6 Å². The van der Waals surface area contributed by atoms with Crippen LogP contribution in [0, 0.1) is 11.3 Å². The van der Waals surface area contributed by atoms with Crippen molar-refractivity contribution in [3.63, 3.8) is 0 Å². The summed E-state index contributed by atoms with van der Waals surface area (Å²) in [7, 11) is 0. The Morgan fingerprint density at radius 2 is 1.87 bits per heavy atom. The Hall–Kier alpha value is -3.20. The number of Topliss-reactive ketones (excluding diaryl/α,β-unsaturated/α-hetero) is 1. The highest BCUT2D eigenvalue weighted by molar-refractivity contribution is 6.00. The molecule has 0 bridgehead atoms. The summed E-state index contributed by atoms with van der Waals surface area (Å²) in [5.41, 5.74) is 15.6. The third kappa shape index (κ3) is 5.77. The number of nitrogens with two attached hydrogens (primary N) is 2. The molecule has 1 amide bonds. The largest absolute Gasteiger partial charge is 0.462 e. The van der Waals surface area contributed by atoms with Crippen molar-refractivity contribution in [2.75, 3.05) is 11.9 Å². The van der Waals surface area contributed by atoms with E-state index in [9.17, 15) is 14.4 Å². The van der Waals surface area contributed by atoms with Gasteiger partial charge in [-0.25, -0.2) is 4.68 Å². The number of carbonyl (C=O) groups excluding carboxylic acids is 3. The SMILES string of the molecule is CC1(C)CC(=O)c2c(CC3CC3)nn(-c3ccc(C(N)=O)c(N[C@H]4CC[C@H](OC(=O)CCN)CC4)c3)c2C1. The highest BCUT2D eigenvalue weighted by Crippen LogP contribution is 2.40. The van der Waals surface area contributed by atoms with Crippen LogP contribution in [-0.4, -0.2) is 46.1 Å². The number of primary amides is 1. The van der Waals surface area contributed by atoms with Crippen LogP contribution in [0.4, 0.5) is 5.69 Å². The van der Waals surface area contributed by atoms with Gasteiger partial charge in [-0.2, -0.15) is 5.10 Å². The first-order chi connectivity index (χ1) is 18.1. The maximum atomic E-state index is 13.2. The number of ether oxygens (including phenoxy) is 1. The molecule has 5 N–H and O–H groups in total. The minimum Gasteiger partial charge on any atom is -0.462 e. The van der Waals surface area contributed by atoms with Gasteiger partial charge in [0.1, 0.15) is 6.10 Å². The quantitative estimate of drug-likeness (QED) is 0.427. The molecule has 0 aliphatic heterocycles. The van der Waals surface area contributed by atoms with Crippen molar-refractivity contribution in [1.29, 1.82) is 0 Å². The Labute approximate surface area is 223 Å². The number of esters is 1. The second-order valence-electron chi connectivity index (χ2n) is 12.0. The van der Waals surface area contributed by atoms with Crippen LogP contribution in [0.3, 0.4) is 0 Å². The predicted molar refractivity (Wildman–Crippen MR) is 144 cm³/mol. The summed E-state index contributed by atoms with van der Waals surface area (Å²) in [6.07, 6.45) is 7.73. The molecule has 1 aromatic heterocycles. The Kier molecular flexibility index (Phi) is 7.31. The fourth-order valence-electron chi connectivity index (χ4n) is 5.89. The van der Waals surface area contributed by atoms with Crippen molar-refractivity contribution in [2.24, 2.45) is 22.8 Å². The van der Waals surface area contributed by atoms with Gasteiger partial charge < -0.3 is 21.5 Å². The maximum absolute atomic E-state index is 13.2. The third-order valence-electron chi connectivity index (χ3n) is 7.99. The van der Waals surface area contributed by atoms with Crippen molar-refractivity contribution in [1.82, 2.24) is 9.78 Å². The molecule has 204 valence electrons. The van der Waals surface area contributed by atoms with Gasteiger partial charge in [-0.1, -0.05) is 13.8 Å². The zero-order valence-corrected chi connectivity index (χ0v) is 22.4. The number of nitrogens with zero attached hydrogens (tertiary/aromatic N) is 2. The molecule has 0 spiro atoms. The van der Waals surface area contributed by atoms with Crippen LogP contribution < -0.4 is 16.8 Å². The van der Waals surface area contributed by atoms with E-state index in [1.165, 1.54) is 12.8 Å². The number of amides is 1. The Bertz CT molecular complexity index is 1240. The summed E-state index contributed by atoms with van der Waals surface area (Å²) in [6.45, 7) is 4.53. The van der Waals surface area contributed by atoms with Gasteiger partial charge in [0.2, 0.25) is 0 Å². The monoisotopic (exact) mass is 521 g/mol. The number of benzene rings is 1. The van der Waals surface area contributed by atoms with E-state index in [-0.39, 0.29) is 42.3 Å². The summed E-state index contributed by atoms with van der Waals surface area (Å²) in [6, 6.07) is 5.64. The van der Waals surface area contributed by atoms with Crippen molar-refractivity contribution >= 4 is 23.3 Å². The fourth-order valence-corrected chi connectivity index (χ4v) is 5.89. The first-order valence-corrected chi connectivity index (χ1v) is 13.9. The standard InChI is InChI=1S/C29H39N5O4/c1-29(2)15-24-27(25(35)16-29)23(13-17-3-4-17)33-34(24)19-7-10-21(28(31)37)22(14-19)32-18-5-8-20(9-6-18)38-26(36)11-12-30/h7,10,14,17-18,20,32H,3-6,8-9,11-13,15-16,30H2,1-2H3,(H2,31,37)/t18-,20-. The molecular formula is C29H39N5O4. The van der Waals surface area contributed by atoms with E-state index in [1.807, 2.05) is 16.8 Å². The molecule has 2 saturated carbocycles. The second kappa shape index (κ2) is 10.5. The van der Waals surface area contributed by atoms with E-state index < -0.39 is 5.91 Å². The molecule has 38 heavy (non-hydrogen) atoms. The van der Waals surface area contributed by atoms with E-state index in [0.717, 1.165) is 61.2 Å². The van der Waals surface area contributed by atoms with E-state index in [0.29, 0.717) is 23.6 Å². The van der Waals surface area contributed by atoms with Crippen molar-refractivity contribution in [3.05, 3.63) is 40.7 Å². The molecule has 1 aromatic carbocycles. The van der Waals surface area contributed by atoms with E-state index in [4.69, 9.17) is 21.3 Å². The predicted octanol–water partition coefficient (Wildman–Crippen LogP) is 3.69. The molecule has 5 rings (SSSR count). The number of rotatable bonds is 9. The number of hydrogen-bond acceptors (Lipinski definition) is 7. The average Bonchev–Trinajstić information content (AvgIpc) is 3.59. The molecule has 2 fully saturated rings. The Morgan fingerprint density at radius 3 is 2.53 bits per heavy atom. The molecular weight excluding hydrogens is 482 g/mol. The van der Waals surface area contributed by atoms with Gasteiger partial charge >= 0.3 is 5.97 Å². The minimum atomic E-state index is -0.503. The number of carbonyl (C=O) groups is 3. The van der Waals surface area contributed by atoms with Crippen LogP contribution in [0.25, 0.3) is 5.69 Å². The molecule has 3 aliphatic rings. The number of hydrogen-bond donors (Lipinski definition) is 3. The Morgan fingerprint density at radius 1 is 1.13 bits per heavy atom. The average molecular weight is 522 g/mol. The summed E-state index contributed by atoms with van der Waals surface area (Å²) in [4.78, 5) is 37.3. The number of ketones is 1. The number of anilines is 1. The van der Waals surface area contributed by atoms with Gasteiger partial charge in [0, 0.05) is 24.7 Å². The van der Waals surface area contributed by atoms with Gasteiger partial charge in [0.25, 0.3) is 5.91 Å². The molecule has 3 aliphatic carbocycles. The molecule has 0 atom stereocenters. The number of aromatic nitrogens is 2. The summed E-state index contributed by atoms with van der Waals surface area (Å²) >= 11 is 0. The van der Waals surface area contributed by atoms with Gasteiger partial charge in [-0.05, 0) is 80.9 Å². The second-order valence-corrected chi connectivity index (χ2v) is 12.0. The van der Waals surface area contributed by atoms with Crippen LogP contribution in [0.15, 0.2) is 18.2 Å². The minimum absolute atomic E-state index is 0.101. The Balaban J connectivity index is 1.40. The van der Waals surface area contributed by atoms with E-state index in [1.54, 1.807) is 6.07 Å². The van der Waals surface area contributed by atoms with E-state index in [2.05, 4.69) is 19.2 Å². The van der Waals surface area contributed by atoms with Crippen LogP contribution in [0.5, 0.6) is 0 Å². The molecule has 2 aromatic rings. The summed E-state index contributed by atoms with van der Waals surface area (Å²) in [5.74, 6) is 0.0353. The lowest BCUT2D eigenvalue weighted by molar-refractivity contribution is -0.150. The lowest BCUT2D eigenvalue weighted by Crippen LogP contribution is -2.32. The summed E-state index contributed by atoms with van der Waals surface area (Å²) in [5, 5.41) is 8.49. The number of fused-ring (bicyclic) bond motifs is 1. The van der Waals surface area contributed by atoms with Gasteiger partial charge in [-0.3, -0.25) is 14.4 Å². The smallest absolute Gasteiger partial charge is 0.307 e. The zero-order valence-electron chi connectivity index (χ0n) is 22.4. The molecule has 1 heterocycles. The van der Waals surface area contributed by atoms with Crippen LogP contribution in [0.2, 0.25) is 0 Å².